The van der Waals surface area contributed by atoms with E-state index in [4.69, 9.17) is 11.0 Å². The van der Waals surface area contributed by atoms with E-state index >= 15 is 0 Å². The fourth-order valence-corrected chi connectivity index (χ4v) is 2.42. The van der Waals surface area contributed by atoms with Gasteiger partial charge in [0.25, 0.3) is 0 Å². The third-order valence-electron chi connectivity index (χ3n) is 2.92. The van der Waals surface area contributed by atoms with Crippen molar-refractivity contribution in [2.75, 3.05) is 16.8 Å². The Bertz CT molecular complexity index is 726. The number of carbonyl (C=O) groups excluding carboxylic acids is 1. The average Bonchev–Trinajstić information content (AvgIpc) is 2.53. The summed E-state index contributed by atoms with van der Waals surface area (Å²) in [4.78, 5) is 20.0. The lowest BCUT2D eigenvalue weighted by Crippen LogP contribution is -2.15. The SMILES string of the molecule is CCc1ccccc1NC(=O)CSc1ncc(C#N)c(N)n1. The minimum atomic E-state index is -0.141. The second-order valence-corrected chi connectivity index (χ2v) is 5.35. The van der Waals surface area contributed by atoms with Crippen molar-refractivity contribution >= 4 is 29.2 Å². The lowest BCUT2D eigenvalue weighted by Gasteiger charge is -2.09. The van der Waals surface area contributed by atoms with Crippen LogP contribution in [0.2, 0.25) is 0 Å². The van der Waals surface area contributed by atoms with Crippen LogP contribution in [0.25, 0.3) is 0 Å². The molecular formula is C15H15N5OS. The van der Waals surface area contributed by atoms with Gasteiger partial charge in [-0.3, -0.25) is 4.79 Å². The van der Waals surface area contributed by atoms with E-state index in [9.17, 15) is 4.79 Å². The van der Waals surface area contributed by atoms with E-state index in [1.54, 1.807) is 0 Å². The molecule has 1 aromatic carbocycles. The number of carbonyl (C=O) groups is 1. The van der Waals surface area contributed by atoms with Crippen molar-refractivity contribution < 1.29 is 4.79 Å². The molecular weight excluding hydrogens is 298 g/mol. The molecule has 0 saturated heterocycles. The van der Waals surface area contributed by atoms with Crippen molar-refractivity contribution in [3.63, 3.8) is 0 Å². The van der Waals surface area contributed by atoms with Crippen LogP contribution in [0.5, 0.6) is 0 Å². The summed E-state index contributed by atoms with van der Waals surface area (Å²) in [5.74, 6) is 0.151. The largest absolute Gasteiger partial charge is 0.382 e. The number of nitrogens with zero attached hydrogens (tertiary/aromatic N) is 3. The minimum Gasteiger partial charge on any atom is -0.382 e. The first-order chi connectivity index (χ1) is 10.6. The topological polar surface area (TPSA) is 105 Å². The van der Waals surface area contributed by atoms with Gasteiger partial charge in [0.05, 0.1) is 11.9 Å². The smallest absolute Gasteiger partial charge is 0.234 e. The summed E-state index contributed by atoms with van der Waals surface area (Å²) < 4.78 is 0. The average molecular weight is 313 g/mol. The standard InChI is InChI=1S/C15H15N5OS/c1-2-10-5-3-4-6-12(10)19-13(21)9-22-15-18-8-11(7-16)14(17)20-15/h3-6,8H,2,9H2,1H3,(H,19,21)(H2,17,18,20). The summed E-state index contributed by atoms with van der Waals surface area (Å²) in [6.07, 6.45) is 2.20. The number of aryl methyl sites for hydroxylation is 1. The van der Waals surface area contributed by atoms with E-state index in [1.165, 1.54) is 18.0 Å². The molecule has 3 N–H and O–H groups in total. The number of hydrogen-bond donors (Lipinski definition) is 2. The number of hydrogen-bond acceptors (Lipinski definition) is 6. The number of nitrogens with one attached hydrogen (secondary N) is 1. The molecule has 112 valence electrons. The third kappa shape index (κ3) is 3.96. The van der Waals surface area contributed by atoms with Crippen LogP contribution in [-0.4, -0.2) is 21.6 Å². The van der Waals surface area contributed by atoms with E-state index in [0.29, 0.717) is 5.16 Å². The molecule has 1 heterocycles. The van der Waals surface area contributed by atoms with E-state index in [0.717, 1.165) is 17.7 Å². The summed E-state index contributed by atoms with van der Waals surface area (Å²) in [6, 6.07) is 9.57. The van der Waals surface area contributed by atoms with Gasteiger partial charge in [-0.2, -0.15) is 5.26 Å². The van der Waals surface area contributed by atoms with Crippen LogP contribution in [-0.2, 0) is 11.2 Å². The second kappa shape index (κ2) is 7.43. The van der Waals surface area contributed by atoms with Gasteiger partial charge >= 0.3 is 0 Å². The molecule has 2 aromatic rings. The molecule has 2 rings (SSSR count). The Morgan fingerprint density at radius 1 is 1.45 bits per heavy atom. The predicted molar refractivity (Wildman–Crippen MR) is 86.3 cm³/mol. The first kappa shape index (κ1) is 15.8. The molecule has 0 bridgehead atoms. The van der Waals surface area contributed by atoms with Crippen molar-refractivity contribution in [3.8, 4) is 6.07 Å². The van der Waals surface area contributed by atoms with Gasteiger partial charge in [0.2, 0.25) is 5.91 Å². The zero-order valence-electron chi connectivity index (χ0n) is 12.0. The highest BCUT2D eigenvalue weighted by atomic mass is 32.2. The van der Waals surface area contributed by atoms with Crippen LogP contribution in [0.4, 0.5) is 11.5 Å². The van der Waals surface area contributed by atoms with Crippen LogP contribution < -0.4 is 11.1 Å². The molecule has 1 amide bonds. The van der Waals surface area contributed by atoms with Crippen LogP contribution in [0, 0.1) is 11.3 Å². The molecule has 0 aliphatic heterocycles. The number of benzene rings is 1. The molecule has 6 nitrogen and oxygen atoms in total. The monoisotopic (exact) mass is 313 g/mol. The first-order valence-corrected chi connectivity index (χ1v) is 7.65. The number of rotatable bonds is 5. The van der Waals surface area contributed by atoms with E-state index in [-0.39, 0.29) is 23.0 Å². The maximum atomic E-state index is 12.0. The quantitative estimate of drug-likeness (QED) is 0.648. The summed E-state index contributed by atoms with van der Waals surface area (Å²) >= 11 is 1.17. The predicted octanol–water partition coefficient (Wildman–Crippen LogP) is 2.22. The summed E-state index contributed by atoms with van der Waals surface area (Å²) in [7, 11) is 0. The number of thioether (sulfide) groups is 1. The van der Waals surface area contributed by atoms with Gasteiger partial charge in [-0.05, 0) is 18.1 Å². The zero-order valence-corrected chi connectivity index (χ0v) is 12.9. The molecule has 0 radical (unpaired) electrons. The first-order valence-electron chi connectivity index (χ1n) is 6.67. The Balaban J connectivity index is 1.96. The third-order valence-corrected chi connectivity index (χ3v) is 3.78. The van der Waals surface area contributed by atoms with Gasteiger partial charge in [0, 0.05) is 5.69 Å². The van der Waals surface area contributed by atoms with Gasteiger partial charge in [0.15, 0.2) is 5.16 Å². The molecule has 7 heteroatoms. The second-order valence-electron chi connectivity index (χ2n) is 4.41. The highest BCUT2D eigenvalue weighted by Gasteiger charge is 2.09. The number of nitrogens with two attached hydrogens (primary N) is 1. The number of aromatic nitrogens is 2. The molecule has 22 heavy (non-hydrogen) atoms. The minimum absolute atomic E-state index is 0.122. The van der Waals surface area contributed by atoms with Crippen molar-refractivity contribution in [1.82, 2.24) is 9.97 Å². The van der Waals surface area contributed by atoms with E-state index < -0.39 is 0 Å². The van der Waals surface area contributed by atoms with E-state index in [2.05, 4.69) is 15.3 Å². The highest BCUT2D eigenvalue weighted by molar-refractivity contribution is 7.99. The Hall–Kier alpha value is -2.59. The zero-order chi connectivity index (χ0) is 15.9. The van der Waals surface area contributed by atoms with Crippen LogP contribution in [0.3, 0.4) is 0 Å². The lowest BCUT2D eigenvalue weighted by molar-refractivity contribution is -0.113. The normalized spacial score (nSPS) is 10.0. The lowest BCUT2D eigenvalue weighted by atomic mass is 10.1. The molecule has 1 aromatic heterocycles. The number of nitrogen functional groups attached to an aromatic ring is 1. The van der Waals surface area contributed by atoms with Crippen LogP contribution in [0.1, 0.15) is 18.1 Å². The Kier molecular flexibility index (Phi) is 5.33. The molecule has 0 aliphatic rings. The summed E-state index contributed by atoms with van der Waals surface area (Å²) in [6.45, 7) is 2.03. The molecule has 0 atom stereocenters. The maximum absolute atomic E-state index is 12.0. The van der Waals surface area contributed by atoms with Crippen molar-refractivity contribution in [3.05, 3.63) is 41.6 Å². The van der Waals surface area contributed by atoms with Gasteiger partial charge in [0.1, 0.15) is 17.5 Å². The molecule has 0 unspecified atom stereocenters. The number of amides is 1. The molecule has 0 fully saturated rings. The van der Waals surface area contributed by atoms with Crippen molar-refractivity contribution in [1.29, 1.82) is 5.26 Å². The van der Waals surface area contributed by atoms with Gasteiger partial charge in [-0.25, -0.2) is 9.97 Å². The van der Waals surface area contributed by atoms with Crippen molar-refractivity contribution in [2.45, 2.75) is 18.5 Å². The van der Waals surface area contributed by atoms with Crippen molar-refractivity contribution in [2.24, 2.45) is 0 Å². The van der Waals surface area contributed by atoms with Gasteiger partial charge in [-0.1, -0.05) is 36.9 Å². The van der Waals surface area contributed by atoms with E-state index in [1.807, 2.05) is 37.3 Å². The van der Waals surface area contributed by atoms with Crippen LogP contribution in [0.15, 0.2) is 35.6 Å². The summed E-state index contributed by atoms with van der Waals surface area (Å²) in [5, 5.41) is 12.0. The molecule has 0 spiro atoms. The highest BCUT2D eigenvalue weighted by Crippen LogP contribution is 2.18. The maximum Gasteiger partial charge on any atom is 0.234 e. The number of nitriles is 1. The summed E-state index contributed by atoms with van der Waals surface area (Å²) in [5.41, 5.74) is 7.74. The number of anilines is 2. The van der Waals surface area contributed by atoms with Gasteiger partial charge in [-0.15, -0.1) is 0 Å². The number of para-hydroxylation sites is 1. The molecule has 0 aliphatic carbocycles. The Morgan fingerprint density at radius 2 is 2.23 bits per heavy atom. The fourth-order valence-electron chi connectivity index (χ4n) is 1.80. The fraction of sp³-hybridized carbons (Fsp3) is 0.200. The Morgan fingerprint density at radius 3 is 2.91 bits per heavy atom. The van der Waals surface area contributed by atoms with Crippen LogP contribution >= 0.6 is 11.8 Å². The van der Waals surface area contributed by atoms with Gasteiger partial charge < -0.3 is 11.1 Å². The molecule has 0 saturated carbocycles. The Labute approximate surface area is 132 Å².